The van der Waals surface area contributed by atoms with Crippen LogP contribution >= 0.6 is 11.8 Å². The molecule has 2 aromatic heterocycles. The standard InChI is InChI=1S/C11H15N5O2S/c1-7-9(4-12-15(7)3)5-16-8(2)13-14-11(16)19-6-10(17)18/h4H,5-6H2,1-3H3,(H,17,18). The van der Waals surface area contributed by atoms with E-state index >= 15 is 0 Å². The maximum atomic E-state index is 10.6. The van der Waals surface area contributed by atoms with Crippen molar-refractivity contribution in [1.82, 2.24) is 24.5 Å². The summed E-state index contributed by atoms with van der Waals surface area (Å²) in [5.74, 6) is -0.129. The van der Waals surface area contributed by atoms with Crippen molar-refractivity contribution in [2.75, 3.05) is 5.75 Å². The van der Waals surface area contributed by atoms with Gasteiger partial charge in [0.2, 0.25) is 0 Å². The number of carboxylic acids is 1. The third-order valence-corrected chi connectivity index (χ3v) is 3.84. The molecule has 0 unspecified atom stereocenters. The number of carbonyl (C=O) groups is 1. The SMILES string of the molecule is Cc1c(Cn2c(C)nnc2SCC(=O)O)cnn1C. The molecule has 2 rings (SSSR count). The summed E-state index contributed by atoms with van der Waals surface area (Å²) >= 11 is 1.17. The number of aryl methyl sites for hydroxylation is 2. The molecule has 0 amide bonds. The lowest BCUT2D eigenvalue weighted by atomic mass is 10.2. The van der Waals surface area contributed by atoms with Crippen LogP contribution in [0.1, 0.15) is 17.1 Å². The monoisotopic (exact) mass is 281 g/mol. The van der Waals surface area contributed by atoms with Crippen LogP contribution in [0.25, 0.3) is 0 Å². The largest absolute Gasteiger partial charge is 0.481 e. The first kappa shape index (κ1) is 13.6. The van der Waals surface area contributed by atoms with Crippen LogP contribution in [0.2, 0.25) is 0 Å². The van der Waals surface area contributed by atoms with Crippen molar-refractivity contribution in [2.24, 2.45) is 7.05 Å². The predicted molar refractivity (Wildman–Crippen MR) is 70.2 cm³/mol. The number of carboxylic acid groups (broad SMARTS) is 1. The third kappa shape index (κ3) is 2.95. The molecule has 0 fully saturated rings. The maximum Gasteiger partial charge on any atom is 0.313 e. The molecular formula is C11H15N5O2S. The van der Waals surface area contributed by atoms with E-state index in [4.69, 9.17) is 5.11 Å². The number of hydrogen-bond acceptors (Lipinski definition) is 5. The molecular weight excluding hydrogens is 266 g/mol. The summed E-state index contributed by atoms with van der Waals surface area (Å²) in [7, 11) is 1.89. The van der Waals surface area contributed by atoms with Gasteiger partial charge in [0.1, 0.15) is 5.82 Å². The van der Waals surface area contributed by atoms with Crippen LogP contribution in [0, 0.1) is 13.8 Å². The smallest absolute Gasteiger partial charge is 0.313 e. The van der Waals surface area contributed by atoms with Crippen molar-refractivity contribution in [3.05, 3.63) is 23.3 Å². The minimum Gasteiger partial charge on any atom is -0.481 e. The molecule has 19 heavy (non-hydrogen) atoms. The van der Waals surface area contributed by atoms with Crippen LogP contribution in [-0.4, -0.2) is 41.4 Å². The fourth-order valence-corrected chi connectivity index (χ4v) is 2.35. The van der Waals surface area contributed by atoms with E-state index in [1.54, 1.807) is 10.9 Å². The molecule has 0 radical (unpaired) electrons. The molecule has 0 saturated heterocycles. The Labute approximate surface area is 114 Å². The lowest BCUT2D eigenvalue weighted by molar-refractivity contribution is -0.133. The Kier molecular flexibility index (Phi) is 3.89. The van der Waals surface area contributed by atoms with Gasteiger partial charge in [-0.1, -0.05) is 11.8 Å². The average Bonchev–Trinajstić information content (AvgIpc) is 2.86. The van der Waals surface area contributed by atoms with Crippen molar-refractivity contribution < 1.29 is 9.90 Å². The van der Waals surface area contributed by atoms with Crippen LogP contribution in [0.4, 0.5) is 0 Å². The van der Waals surface area contributed by atoms with E-state index in [0.29, 0.717) is 11.7 Å². The molecule has 0 bridgehead atoms. The predicted octanol–water partition coefficient (Wildman–Crippen LogP) is 0.853. The second-order valence-corrected chi connectivity index (χ2v) is 5.12. The number of aromatic nitrogens is 5. The van der Waals surface area contributed by atoms with Crippen molar-refractivity contribution >= 4 is 17.7 Å². The van der Waals surface area contributed by atoms with E-state index in [9.17, 15) is 4.79 Å². The van der Waals surface area contributed by atoms with Crippen molar-refractivity contribution in [3.8, 4) is 0 Å². The number of thioether (sulfide) groups is 1. The Morgan fingerprint density at radius 3 is 2.74 bits per heavy atom. The van der Waals surface area contributed by atoms with Crippen molar-refractivity contribution in [3.63, 3.8) is 0 Å². The summed E-state index contributed by atoms with van der Waals surface area (Å²) in [6, 6.07) is 0. The summed E-state index contributed by atoms with van der Waals surface area (Å²) in [5, 5.41) is 21.5. The molecule has 2 heterocycles. The Balaban J connectivity index is 2.22. The molecule has 0 atom stereocenters. The van der Waals surface area contributed by atoms with Crippen LogP contribution in [0.15, 0.2) is 11.4 Å². The van der Waals surface area contributed by atoms with Gasteiger partial charge in [0, 0.05) is 18.3 Å². The van der Waals surface area contributed by atoms with Gasteiger partial charge in [0.25, 0.3) is 0 Å². The molecule has 0 aliphatic rings. The molecule has 0 spiro atoms. The summed E-state index contributed by atoms with van der Waals surface area (Å²) in [6.07, 6.45) is 1.81. The highest BCUT2D eigenvalue weighted by atomic mass is 32.2. The number of rotatable bonds is 5. The molecule has 0 aliphatic heterocycles. The molecule has 1 N–H and O–H groups in total. The Bertz CT molecular complexity index is 604. The highest BCUT2D eigenvalue weighted by Gasteiger charge is 2.13. The first-order chi connectivity index (χ1) is 8.99. The van der Waals surface area contributed by atoms with Crippen LogP contribution < -0.4 is 0 Å². The van der Waals surface area contributed by atoms with Gasteiger partial charge in [-0.25, -0.2) is 0 Å². The number of nitrogens with zero attached hydrogens (tertiary/aromatic N) is 5. The number of aliphatic carboxylic acids is 1. The van der Waals surface area contributed by atoms with Gasteiger partial charge in [0.15, 0.2) is 5.16 Å². The molecule has 2 aromatic rings. The molecule has 8 heteroatoms. The summed E-state index contributed by atoms with van der Waals surface area (Å²) < 4.78 is 3.71. The topological polar surface area (TPSA) is 85.8 Å². The first-order valence-electron chi connectivity index (χ1n) is 5.71. The zero-order valence-corrected chi connectivity index (χ0v) is 11.8. The fraction of sp³-hybridized carbons (Fsp3) is 0.455. The van der Waals surface area contributed by atoms with E-state index in [1.807, 2.05) is 25.5 Å². The Hall–Kier alpha value is -1.83. The highest BCUT2D eigenvalue weighted by molar-refractivity contribution is 7.99. The Morgan fingerprint density at radius 2 is 2.16 bits per heavy atom. The minimum atomic E-state index is -0.866. The van der Waals surface area contributed by atoms with Gasteiger partial charge >= 0.3 is 5.97 Å². The first-order valence-corrected chi connectivity index (χ1v) is 6.69. The van der Waals surface area contributed by atoms with E-state index in [1.165, 1.54) is 11.8 Å². The summed E-state index contributed by atoms with van der Waals surface area (Å²) in [5.41, 5.74) is 2.14. The van der Waals surface area contributed by atoms with E-state index < -0.39 is 5.97 Å². The zero-order valence-electron chi connectivity index (χ0n) is 11.0. The quantitative estimate of drug-likeness (QED) is 0.818. The molecule has 7 nitrogen and oxygen atoms in total. The Morgan fingerprint density at radius 1 is 1.42 bits per heavy atom. The average molecular weight is 281 g/mol. The molecule has 0 saturated carbocycles. The van der Waals surface area contributed by atoms with Crippen LogP contribution in [0.5, 0.6) is 0 Å². The van der Waals surface area contributed by atoms with Gasteiger partial charge in [-0.15, -0.1) is 10.2 Å². The summed E-state index contributed by atoms with van der Waals surface area (Å²) in [4.78, 5) is 10.6. The second kappa shape index (κ2) is 5.43. The number of hydrogen-bond donors (Lipinski definition) is 1. The lowest BCUT2D eigenvalue weighted by Gasteiger charge is -2.07. The van der Waals surface area contributed by atoms with Gasteiger partial charge in [-0.3, -0.25) is 9.48 Å². The maximum absolute atomic E-state index is 10.6. The highest BCUT2D eigenvalue weighted by Crippen LogP contribution is 2.19. The summed E-state index contributed by atoms with van der Waals surface area (Å²) in [6.45, 7) is 4.44. The molecule has 102 valence electrons. The normalized spacial score (nSPS) is 10.9. The van der Waals surface area contributed by atoms with Gasteiger partial charge in [-0.2, -0.15) is 5.10 Å². The van der Waals surface area contributed by atoms with Gasteiger partial charge in [0.05, 0.1) is 18.5 Å². The van der Waals surface area contributed by atoms with Crippen LogP contribution in [-0.2, 0) is 18.4 Å². The van der Waals surface area contributed by atoms with E-state index in [-0.39, 0.29) is 5.75 Å². The molecule has 0 aliphatic carbocycles. The van der Waals surface area contributed by atoms with Crippen molar-refractivity contribution in [2.45, 2.75) is 25.5 Å². The van der Waals surface area contributed by atoms with Gasteiger partial charge < -0.3 is 9.67 Å². The van der Waals surface area contributed by atoms with Gasteiger partial charge in [-0.05, 0) is 13.8 Å². The second-order valence-electron chi connectivity index (χ2n) is 4.18. The molecule has 0 aromatic carbocycles. The van der Waals surface area contributed by atoms with E-state index in [0.717, 1.165) is 17.1 Å². The third-order valence-electron chi connectivity index (χ3n) is 2.89. The fourth-order valence-electron chi connectivity index (χ4n) is 1.65. The van der Waals surface area contributed by atoms with Crippen molar-refractivity contribution in [1.29, 1.82) is 0 Å². The minimum absolute atomic E-state index is 0.0237. The lowest BCUT2D eigenvalue weighted by Crippen LogP contribution is -2.07. The van der Waals surface area contributed by atoms with Crippen LogP contribution in [0.3, 0.4) is 0 Å². The van der Waals surface area contributed by atoms with E-state index in [2.05, 4.69) is 15.3 Å². The zero-order chi connectivity index (χ0) is 14.0.